The first-order chi connectivity index (χ1) is 13.8. The van der Waals surface area contributed by atoms with Gasteiger partial charge in [0, 0.05) is 31.5 Å². The molecule has 160 valence electrons. The monoisotopic (exact) mass is 438 g/mol. The van der Waals surface area contributed by atoms with Crippen LogP contribution in [0.5, 0.6) is 0 Å². The molecule has 0 bridgehead atoms. The second-order valence-corrected chi connectivity index (χ2v) is 9.72. The van der Waals surface area contributed by atoms with Gasteiger partial charge in [-0.25, -0.2) is 8.42 Å². The van der Waals surface area contributed by atoms with Gasteiger partial charge in [0.2, 0.25) is 10.0 Å². The molecule has 0 aliphatic heterocycles. The Kier molecular flexibility index (Phi) is 8.45. The highest BCUT2D eigenvalue weighted by molar-refractivity contribution is 7.99. The van der Waals surface area contributed by atoms with Crippen molar-refractivity contribution in [3.63, 3.8) is 0 Å². The maximum Gasteiger partial charge on any atom is 0.243 e. The lowest BCUT2D eigenvalue weighted by Crippen LogP contribution is -2.30. The fourth-order valence-electron chi connectivity index (χ4n) is 2.98. The summed E-state index contributed by atoms with van der Waals surface area (Å²) in [7, 11) is -1.90. The van der Waals surface area contributed by atoms with Crippen LogP contribution in [0, 0.1) is 0 Å². The molecule has 0 saturated carbocycles. The zero-order chi connectivity index (χ0) is 21.6. The van der Waals surface area contributed by atoms with E-state index in [2.05, 4.69) is 16.8 Å². The van der Waals surface area contributed by atoms with Crippen LogP contribution in [0.2, 0.25) is 0 Å². The molecule has 0 spiro atoms. The molecule has 0 amide bonds. The predicted octanol–water partition coefficient (Wildman–Crippen LogP) is 3.85. The molecule has 0 aliphatic rings. The number of hydrogen-bond donors (Lipinski definition) is 0. The maximum absolute atomic E-state index is 12.9. The van der Waals surface area contributed by atoms with E-state index in [0.717, 1.165) is 16.5 Å². The van der Waals surface area contributed by atoms with Gasteiger partial charge in [-0.15, -0.1) is 10.2 Å². The second-order valence-electron chi connectivity index (χ2n) is 6.84. The molecular weight excluding hydrogens is 408 g/mol. The maximum atomic E-state index is 12.9. The van der Waals surface area contributed by atoms with Crippen molar-refractivity contribution < 1.29 is 13.2 Å². The average molecular weight is 439 g/mol. The average Bonchev–Trinajstić information content (AvgIpc) is 3.11. The number of hydrogen-bond acceptors (Lipinski definition) is 6. The number of rotatable bonds is 11. The van der Waals surface area contributed by atoms with Gasteiger partial charge in [-0.3, -0.25) is 4.57 Å². The molecule has 1 aromatic carbocycles. The molecule has 0 radical (unpaired) electrons. The molecule has 2 rings (SSSR count). The molecule has 1 atom stereocenters. The van der Waals surface area contributed by atoms with E-state index in [1.54, 1.807) is 37.1 Å². The first-order valence-electron chi connectivity index (χ1n) is 9.57. The van der Waals surface area contributed by atoms with Gasteiger partial charge < -0.3 is 4.74 Å². The molecule has 0 aliphatic carbocycles. The lowest BCUT2D eigenvalue weighted by molar-refractivity contribution is 0.159. The van der Waals surface area contributed by atoms with Crippen LogP contribution in [-0.2, 0) is 14.8 Å². The van der Waals surface area contributed by atoms with Crippen LogP contribution < -0.4 is 0 Å². The summed E-state index contributed by atoms with van der Waals surface area (Å²) in [5, 5.41) is 9.48. The summed E-state index contributed by atoms with van der Waals surface area (Å²) in [6.45, 7) is 12.9. The zero-order valence-corrected chi connectivity index (χ0v) is 19.4. The molecule has 1 unspecified atom stereocenters. The van der Waals surface area contributed by atoms with Gasteiger partial charge in [0.1, 0.15) is 0 Å². The van der Waals surface area contributed by atoms with Gasteiger partial charge in [-0.2, -0.15) is 4.31 Å². The molecule has 0 saturated heterocycles. The fourth-order valence-corrected chi connectivity index (χ4v) is 5.37. The van der Waals surface area contributed by atoms with Gasteiger partial charge in [0.05, 0.1) is 17.5 Å². The van der Waals surface area contributed by atoms with Crippen molar-refractivity contribution in [2.75, 3.05) is 32.6 Å². The number of methoxy groups -OCH3 is 1. The topological polar surface area (TPSA) is 77.3 Å². The Balaban J connectivity index is 2.53. The molecule has 1 aromatic heterocycles. The van der Waals surface area contributed by atoms with Crippen molar-refractivity contribution in [1.82, 2.24) is 19.1 Å². The molecule has 0 N–H and O–H groups in total. The lowest BCUT2D eigenvalue weighted by atomic mass is 10.2. The van der Waals surface area contributed by atoms with Crippen molar-refractivity contribution >= 4 is 21.8 Å². The molecule has 2 aromatic rings. The molecule has 9 heteroatoms. The normalized spacial score (nSPS) is 13.0. The van der Waals surface area contributed by atoms with E-state index in [0.29, 0.717) is 31.1 Å². The predicted molar refractivity (Wildman–Crippen MR) is 118 cm³/mol. The van der Waals surface area contributed by atoms with Crippen molar-refractivity contribution in [3.05, 3.63) is 36.4 Å². The highest BCUT2D eigenvalue weighted by atomic mass is 32.2. The Bertz CT molecular complexity index is 937. The van der Waals surface area contributed by atoms with Crippen molar-refractivity contribution in [3.8, 4) is 11.4 Å². The minimum Gasteiger partial charge on any atom is -0.383 e. The lowest BCUT2D eigenvalue weighted by Gasteiger charge is -2.20. The third kappa shape index (κ3) is 5.48. The van der Waals surface area contributed by atoms with Crippen molar-refractivity contribution in [1.29, 1.82) is 0 Å². The number of aromatic nitrogens is 3. The van der Waals surface area contributed by atoms with Gasteiger partial charge in [0.15, 0.2) is 11.0 Å². The fraction of sp³-hybridized carbons (Fsp3) is 0.500. The zero-order valence-electron chi connectivity index (χ0n) is 17.8. The van der Waals surface area contributed by atoms with Crippen LogP contribution in [0.25, 0.3) is 11.4 Å². The first-order valence-corrected chi connectivity index (χ1v) is 12.0. The largest absolute Gasteiger partial charge is 0.383 e. The summed E-state index contributed by atoms with van der Waals surface area (Å²) < 4.78 is 34.6. The van der Waals surface area contributed by atoms with E-state index in [9.17, 15) is 8.42 Å². The molecule has 7 nitrogen and oxygen atoms in total. The van der Waals surface area contributed by atoms with E-state index in [4.69, 9.17) is 4.74 Å². The first kappa shape index (κ1) is 23.6. The Morgan fingerprint density at radius 2 is 2.00 bits per heavy atom. The highest BCUT2D eigenvalue weighted by Crippen LogP contribution is 2.30. The van der Waals surface area contributed by atoms with Crippen LogP contribution in [0.4, 0.5) is 0 Å². The van der Waals surface area contributed by atoms with Crippen LogP contribution in [0.3, 0.4) is 0 Å². The summed E-state index contributed by atoms with van der Waals surface area (Å²) >= 11 is 1.55. The van der Waals surface area contributed by atoms with Gasteiger partial charge in [0.25, 0.3) is 0 Å². The number of sulfonamides is 1. The Labute approximate surface area is 178 Å². The van der Waals surface area contributed by atoms with E-state index in [-0.39, 0.29) is 10.9 Å². The second kappa shape index (κ2) is 10.4. The third-order valence-electron chi connectivity index (χ3n) is 4.40. The molecule has 29 heavy (non-hydrogen) atoms. The quantitative estimate of drug-likeness (QED) is 0.392. The molecule has 0 fully saturated rings. The van der Waals surface area contributed by atoms with Gasteiger partial charge in [-0.1, -0.05) is 49.9 Å². The van der Waals surface area contributed by atoms with Crippen LogP contribution in [0.1, 0.15) is 33.7 Å². The van der Waals surface area contributed by atoms with Gasteiger partial charge in [-0.05, 0) is 26.0 Å². The smallest absolute Gasteiger partial charge is 0.243 e. The Morgan fingerprint density at radius 3 is 2.59 bits per heavy atom. The van der Waals surface area contributed by atoms with Crippen LogP contribution in [-0.4, -0.2) is 60.0 Å². The number of ether oxygens (including phenoxy) is 1. The molecular formula is C20H30N4O3S2. The summed E-state index contributed by atoms with van der Waals surface area (Å²) in [4.78, 5) is 0.254. The molecule has 1 heterocycles. The van der Waals surface area contributed by atoms with E-state index >= 15 is 0 Å². The Morgan fingerprint density at radius 1 is 1.31 bits per heavy atom. The van der Waals surface area contributed by atoms with Crippen molar-refractivity contribution in [2.24, 2.45) is 0 Å². The van der Waals surface area contributed by atoms with Crippen LogP contribution >= 0.6 is 11.8 Å². The summed E-state index contributed by atoms with van der Waals surface area (Å²) in [6, 6.07) is 6.87. The minimum atomic E-state index is -3.56. The Hall–Kier alpha value is -1.68. The van der Waals surface area contributed by atoms with E-state index < -0.39 is 10.0 Å². The standard InChI is InChI=1S/C20H30N4O3S2/c1-7-23(8-2)29(25,26)18-11-9-10-17(12-18)19-21-22-20(28-14-15(3)4)24(19)16(5)13-27-6/h9-12,16H,3,7-8,13-14H2,1-2,4-6H3. The van der Waals surface area contributed by atoms with E-state index in [1.165, 1.54) is 4.31 Å². The SMILES string of the molecule is C=C(C)CSc1nnc(-c2cccc(S(=O)(=O)N(CC)CC)c2)n1C(C)COC. The van der Waals surface area contributed by atoms with Crippen LogP contribution in [0.15, 0.2) is 46.5 Å². The number of benzene rings is 1. The summed E-state index contributed by atoms with van der Waals surface area (Å²) in [6.07, 6.45) is 0. The van der Waals surface area contributed by atoms with E-state index in [1.807, 2.05) is 38.3 Å². The summed E-state index contributed by atoms with van der Waals surface area (Å²) in [5.74, 6) is 1.35. The number of nitrogens with zero attached hydrogens (tertiary/aromatic N) is 4. The summed E-state index contributed by atoms with van der Waals surface area (Å²) in [5.41, 5.74) is 1.74. The van der Waals surface area contributed by atoms with Crippen molar-refractivity contribution in [2.45, 2.75) is 43.8 Å². The minimum absolute atomic E-state index is 0.0133. The van der Waals surface area contributed by atoms with Gasteiger partial charge >= 0.3 is 0 Å². The number of thioether (sulfide) groups is 1. The third-order valence-corrected chi connectivity index (χ3v) is 7.62. The highest BCUT2D eigenvalue weighted by Gasteiger charge is 2.24.